The minimum absolute atomic E-state index is 0.326. The van der Waals surface area contributed by atoms with Crippen LogP contribution in [0.1, 0.15) is 10.6 Å². The number of aromatic nitrogens is 2. The molecule has 86 valence electrons. The number of thiophene rings is 1. The van der Waals surface area contributed by atoms with Gasteiger partial charge in [-0.15, -0.1) is 11.3 Å². The summed E-state index contributed by atoms with van der Waals surface area (Å²) in [6.07, 6.45) is 1.75. The van der Waals surface area contributed by atoms with E-state index in [1.165, 1.54) is 4.88 Å². The summed E-state index contributed by atoms with van der Waals surface area (Å²) in [5.41, 5.74) is 1.95. The molecule has 0 spiro atoms. The van der Waals surface area contributed by atoms with Crippen molar-refractivity contribution in [2.45, 2.75) is 20.0 Å². The van der Waals surface area contributed by atoms with Crippen LogP contribution >= 0.6 is 11.3 Å². The molecule has 0 unspecified atom stereocenters. The molecule has 0 saturated heterocycles. The SMILES string of the molecule is Cc1c(NCc2cccs2)cnn1CCF. The first-order chi connectivity index (χ1) is 7.81. The summed E-state index contributed by atoms with van der Waals surface area (Å²) in [4.78, 5) is 1.28. The summed E-state index contributed by atoms with van der Waals surface area (Å²) in [7, 11) is 0. The van der Waals surface area contributed by atoms with Crippen molar-refractivity contribution in [1.29, 1.82) is 0 Å². The highest BCUT2D eigenvalue weighted by Crippen LogP contribution is 2.16. The van der Waals surface area contributed by atoms with Gasteiger partial charge in [0, 0.05) is 11.4 Å². The molecule has 0 aliphatic heterocycles. The highest BCUT2D eigenvalue weighted by molar-refractivity contribution is 7.09. The van der Waals surface area contributed by atoms with E-state index in [4.69, 9.17) is 0 Å². The first kappa shape index (κ1) is 11.1. The van der Waals surface area contributed by atoms with Crippen molar-refractivity contribution in [3.63, 3.8) is 0 Å². The minimum Gasteiger partial charge on any atom is -0.377 e. The number of aryl methyl sites for hydroxylation is 1. The van der Waals surface area contributed by atoms with E-state index in [1.807, 2.05) is 13.0 Å². The molecule has 3 nitrogen and oxygen atoms in total. The molecular formula is C11H14FN3S. The van der Waals surface area contributed by atoms with Crippen LogP contribution in [0, 0.1) is 6.92 Å². The number of hydrogen-bond donors (Lipinski definition) is 1. The first-order valence-corrected chi connectivity index (χ1v) is 6.04. The monoisotopic (exact) mass is 239 g/mol. The number of hydrogen-bond acceptors (Lipinski definition) is 3. The van der Waals surface area contributed by atoms with Crippen molar-refractivity contribution >= 4 is 17.0 Å². The van der Waals surface area contributed by atoms with Crippen molar-refractivity contribution in [3.8, 4) is 0 Å². The Balaban J connectivity index is 1.99. The smallest absolute Gasteiger partial charge is 0.109 e. The van der Waals surface area contributed by atoms with Gasteiger partial charge in [-0.1, -0.05) is 6.07 Å². The van der Waals surface area contributed by atoms with Crippen molar-refractivity contribution in [1.82, 2.24) is 9.78 Å². The molecule has 2 aromatic rings. The summed E-state index contributed by atoms with van der Waals surface area (Å²) in [5.74, 6) is 0. The Labute approximate surface area is 97.9 Å². The molecule has 16 heavy (non-hydrogen) atoms. The lowest BCUT2D eigenvalue weighted by molar-refractivity contribution is 0.423. The Morgan fingerprint density at radius 1 is 1.56 bits per heavy atom. The molecule has 0 bridgehead atoms. The second-order valence-corrected chi connectivity index (χ2v) is 4.52. The van der Waals surface area contributed by atoms with Gasteiger partial charge in [-0.05, 0) is 18.4 Å². The molecule has 0 amide bonds. The van der Waals surface area contributed by atoms with Crippen molar-refractivity contribution in [2.75, 3.05) is 12.0 Å². The molecule has 0 saturated carbocycles. The lowest BCUT2D eigenvalue weighted by Crippen LogP contribution is -2.05. The number of nitrogens with one attached hydrogen (secondary N) is 1. The molecule has 2 heterocycles. The standard InChI is InChI=1S/C11H14FN3S/c1-9-11(8-14-15(9)5-4-12)13-7-10-3-2-6-16-10/h2-3,6,8,13H,4-5,7H2,1H3. The maximum atomic E-state index is 12.2. The van der Waals surface area contributed by atoms with Crippen LogP contribution < -0.4 is 5.32 Å². The summed E-state index contributed by atoms with van der Waals surface area (Å²) in [6.45, 7) is 2.68. The molecule has 0 aliphatic rings. The average Bonchev–Trinajstić information content (AvgIpc) is 2.89. The fourth-order valence-corrected chi connectivity index (χ4v) is 2.17. The van der Waals surface area contributed by atoms with Crippen molar-refractivity contribution < 1.29 is 4.39 Å². The zero-order valence-corrected chi connectivity index (χ0v) is 9.93. The van der Waals surface area contributed by atoms with E-state index in [0.717, 1.165) is 17.9 Å². The Kier molecular flexibility index (Phi) is 3.56. The maximum Gasteiger partial charge on any atom is 0.109 e. The fraction of sp³-hybridized carbons (Fsp3) is 0.364. The number of halogens is 1. The molecule has 5 heteroatoms. The molecule has 2 aromatic heterocycles. The lowest BCUT2D eigenvalue weighted by Gasteiger charge is -2.04. The number of rotatable bonds is 5. The van der Waals surface area contributed by atoms with E-state index in [2.05, 4.69) is 21.9 Å². The number of alkyl halides is 1. The Bertz CT molecular complexity index is 436. The van der Waals surface area contributed by atoms with Gasteiger partial charge in [-0.3, -0.25) is 4.68 Å². The predicted octanol–water partition coefficient (Wildman–Crippen LogP) is 2.83. The predicted molar refractivity (Wildman–Crippen MR) is 64.6 cm³/mol. The molecule has 0 aromatic carbocycles. The van der Waals surface area contributed by atoms with Crippen LogP contribution in [0.15, 0.2) is 23.7 Å². The van der Waals surface area contributed by atoms with Gasteiger partial charge in [0.1, 0.15) is 6.67 Å². The molecule has 0 atom stereocenters. The van der Waals surface area contributed by atoms with Gasteiger partial charge in [0.15, 0.2) is 0 Å². The largest absolute Gasteiger partial charge is 0.377 e. The second kappa shape index (κ2) is 5.12. The number of nitrogens with zero attached hydrogens (tertiary/aromatic N) is 2. The fourth-order valence-electron chi connectivity index (χ4n) is 1.52. The molecule has 0 radical (unpaired) electrons. The maximum absolute atomic E-state index is 12.2. The van der Waals surface area contributed by atoms with Crippen LogP contribution in [0.4, 0.5) is 10.1 Å². The van der Waals surface area contributed by atoms with E-state index in [-0.39, 0.29) is 6.67 Å². The third kappa shape index (κ3) is 2.41. The molecular weight excluding hydrogens is 225 g/mol. The number of anilines is 1. The van der Waals surface area contributed by atoms with Crippen LogP contribution in [-0.4, -0.2) is 16.5 Å². The minimum atomic E-state index is -0.382. The summed E-state index contributed by atoms with van der Waals surface area (Å²) in [6, 6.07) is 4.11. The van der Waals surface area contributed by atoms with E-state index in [0.29, 0.717) is 6.54 Å². The first-order valence-electron chi connectivity index (χ1n) is 5.16. The van der Waals surface area contributed by atoms with Gasteiger partial charge in [0.05, 0.1) is 24.1 Å². The van der Waals surface area contributed by atoms with E-state index >= 15 is 0 Å². The summed E-state index contributed by atoms with van der Waals surface area (Å²) < 4.78 is 13.9. The quantitative estimate of drug-likeness (QED) is 0.869. The summed E-state index contributed by atoms with van der Waals surface area (Å²) >= 11 is 1.72. The van der Waals surface area contributed by atoms with E-state index in [1.54, 1.807) is 22.2 Å². The van der Waals surface area contributed by atoms with Crippen LogP contribution in [0.3, 0.4) is 0 Å². The van der Waals surface area contributed by atoms with Crippen LogP contribution in [-0.2, 0) is 13.1 Å². The Hall–Kier alpha value is -1.36. The highest BCUT2D eigenvalue weighted by atomic mass is 32.1. The summed E-state index contributed by atoms with van der Waals surface area (Å²) in [5, 5.41) is 9.47. The van der Waals surface area contributed by atoms with Crippen molar-refractivity contribution in [3.05, 3.63) is 34.3 Å². The zero-order valence-electron chi connectivity index (χ0n) is 9.11. The zero-order chi connectivity index (χ0) is 11.4. The lowest BCUT2D eigenvalue weighted by atomic mass is 10.3. The van der Waals surface area contributed by atoms with Gasteiger partial charge in [0.2, 0.25) is 0 Å². The van der Waals surface area contributed by atoms with Gasteiger partial charge < -0.3 is 5.32 Å². The third-order valence-corrected chi connectivity index (χ3v) is 3.31. The normalized spacial score (nSPS) is 10.6. The van der Waals surface area contributed by atoms with Crippen molar-refractivity contribution in [2.24, 2.45) is 0 Å². The average molecular weight is 239 g/mol. The van der Waals surface area contributed by atoms with Gasteiger partial charge in [-0.2, -0.15) is 5.10 Å². The van der Waals surface area contributed by atoms with Crippen LogP contribution in [0.5, 0.6) is 0 Å². The molecule has 1 N–H and O–H groups in total. The Morgan fingerprint density at radius 2 is 2.44 bits per heavy atom. The third-order valence-electron chi connectivity index (χ3n) is 2.43. The second-order valence-electron chi connectivity index (χ2n) is 3.49. The highest BCUT2D eigenvalue weighted by Gasteiger charge is 2.05. The molecule has 0 aliphatic carbocycles. The topological polar surface area (TPSA) is 29.9 Å². The van der Waals surface area contributed by atoms with E-state index < -0.39 is 0 Å². The van der Waals surface area contributed by atoms with Crippen LogP contribution in [0.2, 0.25) is 0 Å². The van der Waals surface area contributed by atoms with Crippen LogP contribution in [0.25, 0.3) is 0 Å². The van der Waals surface area contributed by atoms with Gasteiger partial charge in [0.25, 0.3) is 0 Å². The van der Waals surface area contributed by atoms with Gasteiger partial charge in [-0.25, -0.2) is 4.39 Å². The Morgan fingerprint density at radius 3 is 3.12 bits per heavy atom. The molecule has 0 fully saturated rings. The van der Waals surface area contributed by atoms with Gasteiger partial charge >= 0.3 is 0 Å². The van der Waals surface area contributed by atoms with E-state index in [9.17, 15) is 4.39 Å². The molecule has 2 rings (SSSR count).